The lowest BCUT2D eigenvalue weighted by Gasteiger charge is -2.16. The number of benzene rings is 2. The van der Waals surface area contributed by atoms with Gasteiger partial charge in [-0.25, -0.2) is 4.98 Å². The Bertz CT molecular complexity index is 1460. The molecule has 2 N–H and O–H groups in total. The van der Waals surface area contributed by atoms with E-state index in [1.54, 1.807) is 25.1 Å². The van der Waals surface area contributed by atoms with Crippen molar-refractivity contribution < 1.29 is 4.79 Å². The maximum atomic E-state index is 12.8. The number of nitrogens with one attached hydrogen (secondary N) is 2. The number of H-pyrrole nitrogens is 1. The zero-order valence-electron chi connectivity index (χ0n) is 17.6. The predicted molar refractivity (Wildman–Crippen MR) is 127 cm³/mol. The molecule has 0 unspecified atom stereocenters. The molecule has 8 heteroatoms. The number of nitrogens with zero attached hydrogens (tertiary/aromatic N) is 2. The van der Waals surface area contributed by atoms with Gasteiger partial charge in [0.05, 0.1) is 16.7 Å². The minimum atomic E-state index is -0.702. The molecule has 2 aromatic heterocycles. The Balaban J connectivity index is 1.39. The molecule has 5 rings (SSSR count). The molecule has 0 saturated heterocycles. The van der Waals surface area contributed by atoms with Gasteiger partial charge < -0.3 is 9.55 Å². The van der Waals surface area contributed by atoms with Gasteiger partial charge in [0.2, 0.25) is 0 Å². The topological polar surface area (TPSA) is 96.9 Å². The summed E-state index contributed by atoms with van der Waals surface area (Å²) in [5.74, 6) is -0.326. The molecule has 1 amide bonds. The Labute approximate surface area is 187 Å². The van der Waals surface area contributed by atoms with Crippen molar-refractivity contribution in [3.05, 3.63) is 79.2 Å². The molecule has 1 aliphatic rings. The lowest BCUT2D eigenvalue weighted by atomic mass is 9.90. The fourth-order valence-corrected chi connectivity index (χ4v) is 4.97. The van der Waals surface area contributed by atoms with Crippen LogP contribution in [-0.4, -0.2) is 20.4 Å². The second-order valence-electron chi connectivity index (χ2n) is 7.92. The fraction of sp³-hybridized carbons (Fsp3) is 0.250. The first-order valence-corrected chi connectivity index (χ1v) is 11.6. The van der Waals surface area contributed by atoms with Gasteiger partial charge in [0.25, 0.3) is 5.91 Å². The zero-order valence-corrected chi connectivity index (χ0v) is 18.4. The quantitative estimate of drug-likeness (QED) is 0.464. The molecule has 7 nitrogen and oxygen atoms in total. The average Bonchev–Trinajstić information content (AvgIpc) is 3.28. The number of hydrogen-bond acceptors (Lipinski definition) is 5. The summed E-state index contributed by atoms with van der Waals surface area (Å²) in [7, 11) is 0. The number of aromatic amines is 1. The first kappa shape index (κ1) is 20.4. The molecule has 2 aromatic carbocycles. The van der Waals surface area contributed by atoms with Crippen molar-refractivity contribution in [2.45, 2.75) is 39.2 Å². The third-order valence-corrected chi connectivity index (χ3v) is 6.68. The monoisotopic (exact) mass is 446 g/mol. The molecule has 32 heavy (non-hydrogen) atoms. The van der Waals surface area contributed by atoms with E-state index in [4.69, 9.17) is 0 Å². The Hall–Kier alpha value is -3.52. The number of thiazole rings is 1. The lowest BCUT2D eigenvalue weighted by Crippen LogP contribution is -2.36. The lowest BCUT2D eigenvalue weighted by molar-refractivity contribution is 0.102. The highest BCUT2D eigenvalue weighted by molar-refractivity contribution is 7.14. The highest BCUT2D eigenvalue weighted by Gasteiger charge is 2.15. The van der Waals surface area contributed by atoms with Crippen molar-refractivity contribution in [3.8, 4) is 11.3 Å². The van der Waals surface area contributed by atoms with E-state index in [0.717, 1.165) is 24.1 Å². The maximum Gasteiger partial charge on any atom is 0.316 e. The number of carbonyl (C=O) groups excluding carboxylic acids is 1. The molecule has 0 radical (unpaired) electrons. The van der Waals surface area contributed by atoms with Gasteiger partial charge in [-0.1, -0.05) is 12.1 Å². The van der Waals surface area contributed by atoms with Crippen LogP contribution in [0.1, 0.15) is 41.3 Å². The van der Waals surface area contributed by atoms with Crippen molar-refractivity contribution in [2.24, 2.45) is 0 Å². The highest BCUT2D eigenvalue weighted by atomic mass is 32.1. The van der Waals surface area contributed by atoms with Crippen LogP contribution in [0.5, 0.6) is 0 Å². The number of aromatic nitrogens is 3. The molecular weight excluding hydrogens is 424 g/mol. The third kappa shape index (κ3) is 3.67. The maximum absolute atomic E-state index is 12.8. The molecule has 0 spiro atoms. The molecule has 0 atom stereocenters. The van der Waals surface area contributed by atoms with Gasteiger partial charge in [0, 0.05) is 23.1 Å². The Morgan fingerprint density at radius 1 is 1.12 bits per heavy atom. The van der Waals surface area contributed by atoms with Crippen molar-refractivity contribution in [1.82, 2.24) is 14.5 Å². The Kier molecular flexibility index (Phi) is 5.22. The van der Waals surface area contributed by atoms with Crippen molar-refractivity contribution >= 4 is 33.4 Å². The van der Waals surface area contributed by atoms with Gasteiger partial charge in [0.1, 0.15) is 0 Å². The molecule has 4 aromatic rings. The number of hydrogen-bond donors (Lipinski definition) is 2. The van der Waals surface area contributed by atoms with E-state index in [-0.39, 0.29) is 5.91 Å². The number of rotatable bonds is 4. The summed E-state index contributed by atoms with van der Waals surface area (Å²) >= 11 is 1.37. The second kappa shape index (κ2) is 8.20. The van der Waals surface area contributed by atoms with Crippen LogP contribution in [0.15, 0.2) is 51.4 Å². The fourth-order valence-electron chi connectivity index (χ4n) is 4.26. The van der Waals surface area contributed by atoms with E-state index < -0.39 is 11.1 Å². The summed E-state index contributed by atoms with van der Waals surface area (Å²) in [6.45, 7) is 2.17. The largest absolute Gasteiger partial charge is 0.316 e. The Morgan fingerprint density at radius 3 is 2.75 bits per heavy atom. The number of carbonyl (C=O) groups is 1. The van der Waals surface area contributed by atoms with E-state index in [1.165, 1.54) is 39.9 Å². The molecule has 0 fully saturated rings. The zero-order chi connectivity index (χ0) is 22.2. The number of fused-ring (bicyclic) bond motifs is 2. The normalized spacial score (nSPS) is 13.2. The van der Waals surface area contributed by atoms with Crippen molar-refractivity contribution in [2.75, 3.05) is 5.32 Å². The van der Waals surface area contributed by atoms with Crippen LogP contribution < -0.4 is 16.4 Å². The number of anilines is 1. The van der Waals surface area contributed by atoms with Crippen LogP contribution in [0.25, 0.3) is 22.3 Å². The predicted octanol–water partition coefficient (Wildman–Crippen LogP) is 3.96. The molecule has 162 valence electrons. The Morgan fingerprint density at radius 2 is 1.94 bits per heavy atom. The second-order valence-corrected chi connectivity index (χ2v) is 8.78. The molecule has 0 aliphatic heterocycles. The summed E-state index contributed by atoms with van der Waals surface area (Å²) in [6, 6.07) is 11.4. The molecule has 2 heterocycles. The number of aryl methyl sites for hydroxylation is 3. The first-order chi connectivity index (χ1) is 15.5. The minimum Gasteiger partial charge on any atom is -0.316 e. The van der Waals surface area contributed by atoms with Gasteiger partial charge in [-0.2, -0.15) is 0 Å². The minimum absolute atomic E-state index is 0.326. The van der Waals surface area contributed by atoms with Crippen LogP contribution >= 0.6 is 11.3 Å². The van der Waals surface area contributed by atoms with Crippen LogP contribution in [0.4, 0.5) is 5.13 Å². The van der Waals surface area contributed by atoms with Gasteiger partial charge in [-0.15, -0.1) is 11.3 Å². The number of amides is 1. The van der Waals surface area contributed by atoms with Crippen LogP contribution in [0.2, 0.25) is 0 Å². The summed E-state index contributed by atoms with van der Waals surface area (Å²) in [5, 5.41) is 5.29. The highest BCUT2D eigenvalue weighted by Crippen LogP contribution is 2.30. The summed E-state index contributed by atoms with van der Waals surface area (Å²) in [6.07, 6.45) is 4.71. The van der Waals surface area contributed by atoms with Crippen LogP contribution in [-0.2, 0) is 19.4 Å². The standard InChI is InChI=1S/C24H22N4O3S/c1-2-28-20-10-9-17(12-18(20)25-22(30)23(28)31)21(29)27-24-26-19(13-32-24)16-8-7-14-5-3-4-6-15(14)11-16/h7-13H,2-6H2,1H3,(H,25,30)(H,26,27,29). The molecule has 0 bridgehead atoms. The van der Waals surface area contributed by atoms with Gasteiger partial charge in [0.15, 0.2) is 5.13 Å². The molecule has 0 saturated carbocycles. The summed E-state index contributed by atoms with van der Waals surface area (Å²) < 4.78 is 1.39. The van der Waals surface area contributed by atoms with E-state index in [2.05, 4.69) is 33.5 Å². The first-order valence-electron chi connectivity index (χ1n) is 10.7. The van der Waals surface area contributed by atoms with E-state index in [0.29, 0.717) is 28.3 Å². The van der Waals surface area contributed by atoms with Crippen LogP contribution in [0.3, 0.4) is 0 Å². The molecular formula is C24H22N4O3S. The average molecular weight is 447 g/mol. The van der Waals surface area contributed by atoms with E-state index in [1.807, 2.05) is 5.38 Å². The third-order valence-electron chi connectivity index (χ3n) is 5.92. The van der Waals surface area contributed by atoms with Gasteiger partial charge >= 0.3 is 11.1 Å². The van der Waals surface area contributed by atoms with Crippen molar-refractivity contribution in [1.29, 1.82) is 0 Å². The smallest absolute Gasteiger partial charge is 0.316 e. The summed E-state index contributed by atoms with van der Waals surface area (Å²) in [4.78, 5) is 43.9. The van der Waals surface area contributed by atoms with E-state index >= 15 is 0 Å². The summed E-state index contributed by atoms with van der Waals surface area (Å²) in [5.41, 5.74) is 4.81. The van der Waals surface area contributed by atoms with Crippen LogP contribution in [0, 0.1) is 0 Å². The van der Waals surface area contributed by atoms with Gasteiger partial charge in [-0.05, 0) is 68.0 Å². The van der Waals surface area contributed by atoms with Crippen molar-refractivity contribution in [3.63, 3.8) is 0 Å². The van der Waals surface area contributed by atoms with E-state index in [9.17, 15) is 14.4 Å². The molecule has 1 aliphatic carbocycles. The van der Waals surface area contributed by atoms with Gasteiger partial charge in [-0.3, -0.25) is 19.7 Å². The SMILES string of the molecule is CCn1c(=O)c(=O)[nH]c2cc(C(=O)Nc3nc(-c4ccc5c(c4)CCCC5)cs3)ccc21.